The lowest BCUT2D eigenvalue weighted by Crippen LogP contribution is -2.00. The average Bonchev–Trinajstić information content (AvgIpc) is 2.72. The van der Waals surface area contributed by atoms with Gasteiger partial charge in [0.05, 0.1) is 5.69 Å². The third kappa shape index (κ3) is 3.31. The first kappa shape index (κ1) is 12.1. The molecule has 1 aliphatic rings. The van der Waals surface area contributed by atoms with Crippen molar-refractivity contribution >= 4 is 8.35 Å². The second-order valence-corrected chi connectivity index (χ2v) is 5.95. The van der Waals surface area contributed by atoms with Crippen molar-refractivity contribution in [2.45, 2.75) is 70.6 Å². The van der Waals surface area contributed by atoms with E-state index in [2.05, 4.69) is 16.9 Å². The van der Waals surface area contributed by atoms with Crippen molar-refractivity contribution < 1.29 is 0 Å². The molecule has 0 amide bonds. The molecule has 2 rings (SSSR count). The number of rotatable bonds is 1. The normalized spacial score (nSPS) is 21.3. The molecule has 0 spiro atoms. The maximum Gasteiger partial charge on any atom is 0.0674 e. The molecule has 0 saturated heterocycles. The van der Waals surface area contributed by atoms with Crippen LogP contribution in [0.3, 0.4) is 0 Å². The van der Waals surface area contributed by atoms with Crippen LogP contribution in [0.4, 0.5) is 0 Å². The highest BCUT2D eigenvalue weighted by Gasteiger charge is 2.16. The maximum atomic E-state index is 4.31. The van der Waals surface area contributed by atoms with Gasteiger partial charge in [0.2, 0.25) is 0 Å². The van der Waals surface area contributed by atoms with Gasteiger partial charge in [-0.05, 0) is 25.7 Å². The van der Waals surface area contributed by atoms with Crippen LogP contribution < -0.4 is 0 Å². The fourth-order valence-corrected chi connectivity index (χ4v) is 3.72. The number of nitrogens with zero attached hydrogens (tertiary/aromatic N) is 1. The summed E-state index contributed by atoms with van der Waals surface area (Å²) in [5, 5.41) is 5.88. The Morgan fingerprint density at radius 3 is 2.06 bits per heavy atom. The third-order valence-electron chi connectivity index (χ3n) is 3.75. The summed E-state index contributed by atoms with van der Waals surface area (Å²) in [5.41, 5.74) is 1.25. The summed E-state index contributed by atoms with van der Waals surface area (Å²) >= 11 is 0. The predicted octanol–water partition coefficient (Wildman–Crippen LogP) is 4.91. The van der Waals surface area contributed by atoms with Crippen LogP contribution in [0.25, 0.3) is 0 Å². The van der Waals surface area contributed by atoms with E-state index in [1.165, 1.54) is 71.8 Å². The summed E-state index contributed by atoms with van der Waals surface area (Å²) in [6.45, 7) is 2.15. The van der Waals surface area contributed by atoms with Crippen LogP contribution >= 0.6 is 8.35 Å². The van der Waals surface area contributed by atoms with Crippen molar-refractivity contribution in [1.82, 2.24) is 9.96 Å². The molecule has 1 aromatic heterocycles. The molecular weight excluding hydrogens is 215 g/mol. The molecule has 16 heavy (non-hydrogen) atoms. The van der Waals surface area contributed by atoms with E-state index in [9.17, 15) is 0 Å². The zero-order valence-corrected chi connectivity index (χ0v) is 11.2. The number of aromatic amines is 1. The summed E-state index contributed by atoms with van der Waals surface area (Å²) in [5.74, 6) is 0.804. The minimum absolute atomic E-state index is 0.804. The number of aryl methyl sites for hydroxylation is 1. The molecule has 1 fully saturated rings. The van der Waals surface area contributed by atoms with E-state index in [1.54, 1.807) is 5.30 Å². The Bertz CT molecular complexity index is 299. The summed E-state index contributed by atoms with van der Waals surface area (Å²) in [6, 6.07) is 0. The lowest BCUT2D eigenvalue weighted by atomic mass is 9.90. The standard InChI is InChI=1S/C13H23N2P/c1-11-13(16-15-14-11)12-9-7-5-3-2-4-6-8-10-12/h12H,2-10H2,1H3,(H,14,15). The zero-order valence-electron chi connectivity index (χ0n) is 10.3. The van der Waals surface area contributed by atoms with Gasteiger partial charge in [0.15, 0.2) is 0 Å². The van der Waals surface area contributed by atoms with E-state index in [0.29, 0.717) is 0 Å². The number of hydrogen-bond acceptors (Lipinski definition) is 1. The average molecular weight is 238 g/mol. The molecule has 1 saturated carbocycles. The van der Waals surface area contributed by atoms with E-state index in [4.69, 9.17) is 0 Å². The second-order valence-electron chi connectivity index (χ2n) is 5.04. The van der Waals surface area contributed by atoms with E-state index in [1.807, 2.05) is 0 Å². The molecule has 90 valence electrons. The Morgan fingerprint density at radius 2 is 1.56 bits per heavy atom. The highest BCUT2D eigenvalue weighted by Crippen LogP contribution is 2.34. The topological polar surface area (TPSA) is 28.7 Å². The fourth-order valence-electron chi connectivity index (χ4n) is 2.76. The SMILES string of the molecule is Cc1n[nH]pc1C1CCCCCCCCC1. The van der Waals surface area contributed by atoms with E-state index in [-0.39, 0.29) is 0 Å². The van der Waals surface area contributed by atoms with Crippen molar-refractivity contribution in [2.75, 3.05) is 0 Å². The smallest absolute Gasteiger partial charge is 0.0674 e. The summed E-state index contributed by atoms with van der Waals surface area (Å²) in [6.07, 6.45) is 12.8. The Morgan fingerprint density at radius 1 is 1.00 bits per heavy atom. The molecule has 0 atom stereocenters. The van der Waals surface area contributed by atoms with Gasteiger partial charge < -0.3 is 0 Å². The summed E-state index contributed by atoms with van der Waals surface area (Å²) < 4.78 is 0. The molecule has 1 N–H and O–H groups in total. The highest BCUT2D eigenvalue weighted by atomic mass is 31.0. The highest BCUT2D eigenvalue weighted by molar-refractivity contribution is 7.26. The minimum atomic E-state index is 0.804. The Balaban J connectivity index is 1.97. The molecule has 3 heteroatoms. The van der Waals surface area contributed by atoms with Crippen LogP contribution in [0.5, 0.6) is 0 Å². The molecular formula is C13H23N2P. The van der Waals surface area contributed by atoms with Gasteiger partial charge in [-0.15, -0.1) is 0 Å². The second kappa shape index (κ2) is 6.39. The van der Waals surface area contributed by atoms with Gasteiger partial charge in [-0.2, -0.15) is 5.10 Å². The molecule has 1 heterocycles. The van der Waals surface area contributed by atoms with Gasteiger partial charge in [0.1, 0.15) is 0 Å². The molecule has 1 aromatic rings. The van der Waals surface area contributed by atoms with Gasteiger partial charge in [-0.25, -0.2) is 0 Å². The van der Waals surface area contributed by atoms with Crippen molar-refractivity contribution in [1.29, 1.82) is 0 Å². The van der Waals surface area contributed by atoms with Crippen LogP contribution in [0, 0.1) is 6.92 Å². The lowest BCUT2D eigenvalue weighted by Gasteiger charge is -2.17. The maximum absolute atomic E-state index is 4.31. The number of hydrogen-bond donors (Lipinski definition) is 1. The van der Waals surface area contributed by atoms with Crippen LogP contribution in [0.15, 0.2) is 0 Å². The van der Waals surface area contributed by atoms with Gasteiger partial charge >= 0.3 is 0 Å². The van der Waals surface area contributed by atoms with Gasteiger partial charge in [-0.3, -0.25) is 4.86 Å². The van der Waals surface area contributed by atoms with Gasteiger partial charge in [-0.1, -0.05) is 44.9 Å². The predicted molar refractivity (Wildman–Crippen MR) is 70.1 cm³/mol. The number of aromatic nitrogens is 2. The van der Waals surface area contributed by atoms with Crippen molar-refractivity contribution in [3.8, 4) is 0 Å². The molecule has 1 aliphatic carbocycles. The van der Waals surface area contributed by atoms with E-state index < -0.39 is 0 Å². The van der Waals surface area contributed by atoms with E-state index >= 15 is 0 Å². The van der Waals surface area contributed by atoms with Crippen molar-refractivity contribution in [3.05, 3.63) is 11.0 Å². The van der Waals surface area contributed by atoms with Crippen LogP contribution in [0.2, 0.25) is 0 Å². The molecule has 0 aliphatic heterocycles. The molecule has 0 aromatic carbocycles. The Labute approximate surface area is 100 Å². The summed E-state index contributed by atoms with van der Waals surface area (Å²) in [4.78, 5) is 3.11. The molecule has 2 nitrogen and oxygen atoms in total. The molecule has 0 unspecified atom stereocenters. The van der Waals surface area contributed by atoms with Gasteiger partial charge in [0.25, 0.3) is 0 Å². The molecule has 0 bridgehead atoms. The van der Waals surface area contributed by atoms with Crippen LogP contribution in [-0.2, 0) is 0 Å². The minimum Gasteiger partial charge on any atom is -0.260 e. The van der Waals surface area contributed by atoms with Crippen LogP contribution in [0.1, 0.15) is 74.7 Å². The lowest BCUT2D eigenvalue weighted by molar-refractivity contribution is 0.465. The Kier molecular flexibility index (Phi) is 4.84. The quantitative estimate of drug-likeness (QED) is 0.740. The largest absolute Gasteiger partial charge is 0.260 e. The first-order chi connectivity index (χ1) is 7.88. The first-order valence-electron chi connectivity index (χ1n) is 6.75. The zero-order chi connectivity index (χ0) is 11.2. The number of H-pyrrole nitrogens is 1. The van der Waals surface area contributed by atoms with Crippen molar-refractivity contribution in [2.24, 2.45) is 0 Å². The fraction of sp³-hybridized carbons (Fsp3) is 0.846. The summed E-state index contributed by atoms with van der Waals surface area (Å²) in [7, 11) is 1.26. The first-order valence-corrected chi connectivity index (χ1v) is 7.64. The monoisotopic (exact) mass is 238 g/mol. The van der Waals surface area contributed by atoms with Crippen LogP contribution in [-0.4, -0.2) is 9.96 Å². The van der Waals surface area contributed by atoms with E-state index in [0.717, 1.165) is 5.92 Å². The van der Waals surface area contributed by atoms with Gasteiger partial charge in [0, 0.05) is 13.6 Å². The molecule has 0 radical (unpaired) electrons. The number of nitrogens with one attached hydrogen (secondary N) is 1. The Hall–Kier alpha value is -0.360. The third-order valence-corrected chi connectivity index (χ3v) is 4.88. The van der Waals surface area contributed by atoms with Crippen molar-refractivity contribution in [3.63, 3.8) is 0 Å².